The Bertz CT molecular complexity index is 1830. The molecule has 48 heavy (non-hydrogen) atoms. The van der Waals surface area contributed by atoms with E-state index in [1.54, 1.807) is 6.07 Å². The summed E-state index contributed by atoms with van der Waals surface area (Å²) in [5.41, 5.74) is 3.43. The first-order valence-corrected chi connectivity index (χ1v) is 20.1. The second-order valence-corrected chi connectivity index (χ2v) is 20.1. The van der Waals surface area contributed by atoms with Gasteiger partial charge < -0.3 is 23.6 Å². The number of hydrogen-bond donors (Lipinski definition) is 2. The van der Waals surface area contributed by atoms with Crippen LogP contribution in [0.2, 0.25) is 11.4 Å². The van der Waals surface area contributed by atoms with E-state index < -0.39 is 36.6 Å². The molecule has 4 aromatic rings. The Balaban J connectivity index is 1.36. The number of hydrogen-bond acceptors (Lipinski definition) is 7. The summed E-state index contributed by atoms with van der Waals surface area (Å²) in [6.07, 6.45) is 2.34. The number of aliphatic hydroxyl groups is 1. The van der Waals surface area contributed by atoms with Gasteiger partial charge >= 0.3 is 7.12 Å². The lowest BCUT2D eigenvalue weighted by Gasteiger charge is -2.43. The minimum Gasteiger partial charge on any atom is -0.459 e. The van der Waals surface area contributed by atoms with Crippen LogP contribution in [0.15, 0.2) is 119 Å². The third-order valence-electron chi connectivity index (χ3n) is 9.50. The number of aliphatic hydroxyl groups excluding tert-OH is 1. The van der Waals surface area contributed by atoms with Gasteiger partial charge in [-0.05, 0) is 68.7 Å². The molecule has 0 bridgehead atoms. The SMILES string of the molecule is CC(C)(C)[Si](OCC1=C2[C@@H](CC/C(=C/c3ccc(CO)o3)c3ccccc3)OB(O)C[C@@H]2S(=O)(=O)C1)(c1ccccc1)c1ccccc1. The normalized spacial score (nSPS) is 19.9. The molecule has 2 aliphatic rings. The fourth-order valence-electron chi connectivity index (χ4n) is 7.33. The van der Waals surface area contributed by atoms with Crippen molar-refractivity contribution >= 4 is 47.3 Å². The largest absolute Gasteiger partial charge is 0.459 e. The minimum atomic E-state index is -3.57. The Morgan fingerprint density at radius 2 is 1.54 bits per heavy atom. The molecule has 0 radical (unpaired) electrons. The van der Waals surface area contributed by atoms with Gasteiger partial charge in [0.1, 0.15) is 18.1 Å². The van der Waals surface area contributed by atoms with Crippen LogP contribution in [-0.2, 0) is 25.5 Å². The molecule has 0 saturated carbocycles. The minimum absolute atomic E-state index is 0.00852. The van der Waals surface area contributed by atoms with Crippen LogP contribution in [0.25, 0.3) is 11.6 Å². The van der Waals surface area contributed by atoms with Gasteiger partial charge in [-0.15, -0.1) is 0 Å². The van der Waals surface area contributed by atoms with Gasteiger partial charge in [-0.3, -0.25) is 0 Å². The number of fused-ring (bicyclic) bond motifs is 1. The van der Waals surface area contributed by atoms with E-state index in [1.807, 2.05) is 78.9 Å². The van der Waals surface area contributed by atoms with Crippen molar-refractivity contribution in [2.24, 2.45) is 0 Å². The second-order valence-electron chi connectivity index (χ2n) is 13.7. The van der Waals surface area contributed by atoms with E-state index in [0.29, 0.717) is 24.4 Å². The molecular weight excluding hydrogens is 639 g/mol. The van der Waals surface area contributed by atoms with Crippen molar-refractivity contribution in [1.82, 2.24) is 0 Å². The molecule has 0 unspecified atom stereocenters. The van der Waals surface area contributed by atoms with Crippen LogP contribution in [-0.4, -0.2) is 57.7 Å². The van der Waals surface area contributed by atoms with Crippen molar-refractivity contribution in [2.45, 2.75) is 62.9 Å². The number of benzene rings is 3. The predicted molar refractivity (Wildman–Crippen MR) is 194 cm³/mol. The summed E-state index contributed by atoms with van der Waals surface area (Å²) in [4.78, 5) is 0. The number of allylic oxidation sites excluding steroid dienone is 1. The van der Waals surface area contributed by atoms with E-state index in [4.69, 9.17) is 13.5 Å². The summed E-state index contributed by atoms with van der Waals surface area (Å²) in [7, 11) is -7.69. The number of rotatable bonds is 11. The average molecular weight is 683 g/mol. The Morgan fingerprint density at radius 3 is 2.10 bits per heavy atom. The van der Waals surface area contributed by atoms with Gasteiger partial charge in [0.15, 0.2) is 9.84 Å². The maximum atomic E-state index is 13.7. The van der Waals surface area contributed by atoms with E-state index in [-0.39, 0.29) is 30.3 Å². The molecule has 2 aliphatic heterocycles. The maximum Gasteiger partial charge on any atom is 0.456 e. The fourth-order valence-corrected chi connectivity index (χ4v) is 14.0. The summed E-state index contributed by atoms with van der Waals surface area (Å²) in [6, 6.07) is 34.1. The van der Waals surface area contributed by atoms with Crippen molar-refractivity contribution in [2.75, 3.05) is 12.4 Å². The molecule has 0 aliphatic carbocycles. The zero-order valence-corrected chi connectivity index (χ0v) is 29.5. The summed E-state index contributed by atoms with van der Waals surface area (Å²) in [5, 5.41) is 21.4. The highest BCUT2D eigenvalue weighted by Crippen LogP contribution is 2.42. The van der Waals surface area contributed by atoms with Crippen LogP contribution >= 0.6 is 0 Å². The van der Waals surface area contributed by atoms with Gasteiger partial charge in [-0.1, -0.05) is 112 Å². The lowest BCUT2D eigenvalue weighted by atomic mass is 9.74. The van der Waals surface area contributed by atoms with E-state index in [0.717, 1.165) is 32.7 Å². The van der Waals surface area contributed by atoms with Crippen molar-refractivity contribution < 1.29 is 32.0 Å². The van der Waals surface area contributed by atoms with Crippen molar-refractivity contribution in [3.8, 4) is 0 Å². The Morgan fingerprint density at radius 1 is 0.938 bits per heavy atom. The Kier molecular flexibility index (Phi) is 10.1. The highest BCUT2D eigenvalue weighted by atomic mass is 32.2. The topological polar surface area (TPSA) is 106 Å². The van der Waals surface area contributed by atoms with Crippen molar-refractivity contribution in [3.05, 3.63) is 131 Å². The van der Waals surface area contributed by atoms with Crippen LogP contribution in [0.4, 0.5) is 0 Å². The summed E-state index contributed by atoms with van der Waals surface area (Å²) < 4.78 is 46.5. The molecule has 250 valence electrons. The molecule has 0 spiro atoms. The van der Waals surface area contributed by atoms with Gasteiger partial charge in [0.25, 0.3) is 8.32 Å². The van der Waals surface area contributed by atoms with Crippen LogP contribution in [0.1, 0.15) is 50.7 Å². The molecule has 0 amide bonds. The standard InChI is InChI=1S/C38H43BO7SSi/c1-38(2,3)48(33-15-9-5-10-16-33,34-17-11-6-12-18-34)44-26-30-27-47(42,43)36-24-39(41)46-35(37(30)36)22-19-29(28-13-7-4-8-14-28)23-31-20-21-32(25-40)45-31/h4-18,20-21,23,35-36,40-41H,19,22,24-27H2,1-3H3/b29-23-/t35-,36+/m1/s1. The summed E-state index contributed by atoms with van der Waals surface area (Å²) in [5.74, 6) is 0.972. The van der Waals surface area contributed by atoms with Crippen LogP contribution in [0.3, 0.4) is 0 Å². The zero-order valence-electron chi connectivity index (χ0n) is 27.7. The molecule has 1 aromatic heterocycles. The number of furan rings is 1. The predicted octanol–water partition coefficient (Wildman–Crippen LogP) is 5.64. The lowest BCUT2D eigenvalue weighted by Crippen LogP contribution is -2.66. The third-order valence-corrected chi connectivity index (χ3v) is 16.5. The summed E-state index contributed by atoms with van der Waals surface area (Å²) >= 11 is 0. The average Bonchev–Trinajstić information content (AvgIpc) is 3.64. The first-order chi connectivity index (χ1) is 23.0. The van der Waals surface area contributed by atoms with Crippen LogP contribution in [0, 0.1) is 0 Å². The third kappa shape index (κ3) is 6.96. The summed E-state index contributed by atoms with van der Waals surface area (Å²) in [6.45, 7) is 6.58. The van der Waals surface area contributed by atoms with E-state index in [9.17, 15) is 18.5 Å². The molecule has 1 saturated heterocycles. The van der Waals surface area contributed by atoms with Crippen LogP contribution in [0.5, 0.6) is 0 Å². The van der Waals surface area contributed by atoms with E-state index in [1.165, 1.54) is 0 Å². The Hall–Kier alpha value is -3.51. The van der Waals surface area contributed by atoms with Crippen molar-refractivity contribution in [1.29, 1.82) is 0 Å². The molecule has 3 aromatic carbocycles. The molecular formula is C38H43BO7SSi. The Labute approximate surface area is 285 Å². The maximum absolute atomic E-state index is 13.7. The highest BCUT2D eigenvalue weighted by Gasteiger charge is 2.52. The van der Waals surface area contributed by atoms with Gasteiger partial charge in [-0.25, -0.2) is 8.42 Å². The molecule has 1 fully saturated rings. The van der Waals surface area contributed by atoms with Crippen molar-refractivity contribution in [3.63, 3.8) is 0 Å². The lowest BCUT2D eigenvalue weighted by molar-refractivity contribution is 0.170. The van der Waals surface area contributed by atoms with E-state index >= 15 is 0 Å². The molecule has 7 nitrogen and oxygen atoms in total. The monoisotopic (exact) mass is 682 g/mol. The zero-order chi connectivity index (χ0) is 33.9. The van der Waals surface area contributed by atoms with Gasteiger partial charge in [0.05, 0.1) is 23.7 Å². The highest BCUT2D eigenvalue weighted by molar-refractivity contribution is 7.92. The van der Waals surface area contributed by atoms with Gasteiger partial charge in [-0.2, -0.15) is 0 Å². The fraction of sp³-hybridized carbons (Fsp3) is 0.316. The molecule has 2 atom stereocenters. The molecule has 6 rings (SSSR count). The second kappa shape index (κ2) is 14.2. The van der Waals surface area contributed by atoms with Crippen LogP contribution < -0.4 is 10.4 Å². The quantitative estimate of drug-likeness (QED) is 0.156. The molecule has 2 N–H and O–H groups in total. The van der Waals surface area contributed by atoms with Gasteiger partial charge in [0.2, 0.25) is 0 Å². The first-order valence-electron chi connectivity index (χ1n) is 16.5. The number of sulfone groups is 1. The molecule has 3 heterocycles. The molecule has 10 heteroatoms. The smallest absolute Gasteiger partial charge is 0.456 e. The van der Waals surface area contributed by atoms with Gasteiger partial charge in [0, 0.05) is 6.32 Å². The van der Waals surface area contributed by atoms with E-state index in [2.05, 4.69) is 45.0 Å². The first kappa shape index (κ1) is 34.4.